The fourth-order valence-electron chi connectivity index (χ4n) is 3.38. The third kappa shape index (κ3) is 3.88. The molecule has 9 nitrogen and oxygen atoms in total. The van der Waals surface area contributed by atoms with Crippen molar-refractivity contribution >= 4 is 17.6 Å². The maximum Gasteiger partial charge on any atom is 0.310 e. The fraction of sp³-hybridized carbons (Fsp3) is 0.421. The van der Waals surface area contributed by atoms with Crippen LogP contribution in [0.15, 0.2) is 30.5 Å². The van der Waals surface area contributed by atoms with E-state index in [0.717, 1.165) is 6.42 Å². The second-order valence-electron chi connectivity index (χ2n) is 6.67. The Morgan fingerprint density at radius 1 is 1.32 bits per heavy atom. The van der Waals surface area contributed by atoms with E-state index in [2.05, 4.69) is 5.10 Å². The van der Waals surface area contributed by atoms with E-state index in [0.29, 0.717) is 43.1 Å². The lowest BCUT2D eigenvalue weighted by molar-refractivity contribution is -0.384. The van der Waals surface area contributed by atoms with E-state index in [4.69, 9.17) is 4.74 Å². The van der Waals surface area contributed by atoms with Gasteiger partial charge in [0.2, 0.25) is 0 Å². The third-order valence-corrected chi connectivity index (χ3v) is 4.87. The molecule has 3 rings (SSSR count). The molecule has 1 aliphatic rings. The quantitative estimate of drug-likeness (QED) is 0.444. The summed E-state index contributed by atoms with van der Waals surface area (Å²) in [5.74, 6) is -0.749. The minimum Gasteiger partial charge on any atom is -0.466 e. The zero-order chi connectivity index (χ0) is 20.3. The Morgan fingerprint density at radius 2 is 2.04 bits per heavy atom. The van der Waals surface area contributed by atoms with Crippen LogP contribution in [0.1, 0.15) is 35.8 Å². The number of benzene rings is 1. The van der Waals surface area contributed by atoms with Crippen LogP contribution in [0.5, 0.6) is 0 Å². The molecule has 0 N–H and O–H groups in total. The van der Waals surface area contributed by atoms with Gasteiger partial charge in [-0.15, -0.1) is 0 Å². The van der Waals surface area contributed by atoms with Crippen molar-refractivity contribution in [3.63, 3.8) is 0 Å². The van der Waals surface area contributed by atoms with Crippen LogP contribution < -0.4 is 0 Å². The number of piperidine rings is 1. The number of hydrogen-bond acceptors (Lipinski definition) is 6. The molecule has 0 aliphatic carbocycles. The van der Waals surface area contributed by atoms with Gasteiger partial charge in [-0.1, -0.05) is 0 Å². The van der Waals surface area contributed by atoms with Gasteiger partial charge in [0.05, 0.1) is 40.6 Å². The van der Waals surface area contributed by atoms with Crippen molar-refractivity contribution in [3.8, 4) is 5.69 Å². The number of nitrogens with zero attached hydrogens (tertiary/aromatic N) is 4. The van der Waals surface area contributed by atoms with Crippen LogP contribution in [0, 0.1) is 23.0 Å². The van der Waals surface area contributed by atoms with E-state index in [9.17, 15) is 19.7 Å². The summed E-state index contributed by atoms with van der Waals surface area (Å²) in [7, 11) is 0. The number of aromatic nitrogens is 2. The molecule has 0 unspecified atom stereocenters. The number of non-ortho nitro benzene ring substituents is 1. The summed E-state index contributed by atoms with van der Waals surface area (Å²) in [6.45, 7) is 4.77. The van der Waals surface area contributed by atoms with Crippen LogP contribution in [0.3, 0.4) is 0 Å². The highest BCUT2D eigenvalue weighted by atomic mass is 16.6. The van der Waals surface area contributed by atoms with Gasteiger partial charge in [-0.3, -0.25) is 19.7 Å². The number of nitro groups is 1. The molecule has 1 saturated heterocycles. The van der Waals surface area contributed by atoms with Gasteiger partial charge in [0.15, 0.2) is 0 Å². The topological polar surface area (TPSA) is 108 Å². The van der Waals surface area contributed by atoms with Crippen molar-refractivity contribution in [2.45, 2.75) is 26.7 Å². The number of amides is 1. The second-order valence-corrected chi connectivity index (χ2v) is 6.67. The van der Waals surface area contributed by atoms with E-state index < -0.39 is 4.92 Å². The third-order valence-electron chi connectivity index (χ3n) is 4.87. The van der Waals surface area contributed by atoms with Crippen LogP contribution in [0.2, 0.25) is 0 Å². The first kappa shape index (κ1) is 19.5. The Kier molecular flexibility index (Phi) is 5.72. The maximum atomic E-state index is 13.0. The Labute approximate surface area is 162 Å². The first-order valence-electron chi connectivity index (χ1n) is 9.17. The number of likely N-dealkylation sites (tertiary alicyclic amines) is 1. The van der Waals surface area contributed by atoms with Crippen LogP contribution in [0.25, 0.3) is 5.69 Å². The lowest BCUT2D eigenvalue weighted by Crippen LogP contribution is -2.43. The summed E-state index contributed by atoms with van der Waals surface area (Å²) in [5.41, 5.74) is 1.70. The van der Waals surface area contributed by atoms with Gasteiger partial charge in [-0.25, -0.2) is 4.68 Å². The molecular formula is C19H22N4O5. The summed E-state index contributed by atoms with van der Waals surface area (Å²) in [6.07, 6.45) is 2.95. The Balaban J connectivity index is 1.78. The molecule has 1 fully saturated rings. The summed E-state index contributed by atoms with van der Waals surface area (Å²) in [6, 6.07) is 5.97. The molecule has 2 heterocycles. The molecule has 2 aromatic rings. The molecule has 1 aromatic carbocycles. The summed E-state index contributed by atoms with van der Waals surface area (Å²) in [4.78, 5) is 37.0. The zero-order valence-corrected chi connectivity index (χ0v) is 15.8. The molecular weight excluding hydrogens is 364 g/mol. The average molecular weight is 386 g/mol. The lowest BCUT2D eigenvalue weighted by Gasteiger charge is -2.31. The predicted octanol–water partition coefficient (Wildman–Crippen LogP) is 2.50. The maximum absolute atomic E-state index is 13.0. The molecule has 0 radical (unpaired) electrons. The van der Waals surface area contributed by atoms with Gasteiger partial charge in [0.1, 0.15) is 0 Å². The molecule has 0 bridgehead atoms. The number of hydrogen-bond donors (Lipinski definition) is 0. The first-order valence-corrected chi connectivity index (χ1v) is 9.17. The van der Waals surface area contributed by atoms with Crippen LogP contribution in [-0.4, -0.2) is 51.2 Å². The van der Waals surface area contributed by atoms with Crippen LogP contribution in [-0.2, 0) is 9.53 Å². The standard InChI is InChI=1S/C19H22N4O5/c1-3-28-19(25)14-5-4-10-21(12-14)18(24)17-11-20-22(13(17)2)15-6-8-16(9-7-15)23(26)27/h6-9,11,14H,3-5,10,12H2,1-2H3/t14-/m1/s1. The smallest absolute Gasteiger partial charge is 0.310 e. The number of rotatable bonds is 5. The highest BCUT2D eigenvalue weighted by Crippen LogP contribution is 2.23. The molecule has 1 atom stereocenters. The molecule has 1 amide bonds. The minimum absolute atomic E-state index is 0.0109. The summed E-state index contributed by atoms with van der Waals surface area (Å²) >= 11 is 0. The number of nitro benzene ring substituents is 1. The van der Waals surface area contributed by atoms with Crippen molar-refractivity contribution in [2.75, 3.05) is 19.7 Å². The Bertz CT molecular complexity index is 890. The Hall–Kier alpha value is -3.23. The predicted molar refractivity (Wildman–Crippen MR) is 100 cm³/mol. The van der Waals surface area contributed by atoms with Crippen molar-refractivity contribution in [1.82, 2.24) is 14.7 Å². The molecule has 0 saturated carbocycles. The molecule has 9 heteroatoms. The molecule has 148 valence electrons. The van der Waals surface area contributed by atoms with Crippen molar-refractivity contribution < 1.29 is 19.2 Å². The minimum atomic E-state index is -0.467. The first-order chi connectivity index (χ1) is 13.4. The van der Waals surface area contributed by atoms with Crippen LogP contribution in [0.4, 0.5) is 5.69 Å². The SMILES string of the molecule is CCOC(=O)[C@@H]1CCCN(C(=O)c2cnn(-c3ccc([N+](=O)[O-])cc3)c2C)C1. The number of esters is 1. The molecule has 1 aliphatic heterocycles. The fourth-order valence-corrected chi connectivity index (χ4v) is 3.38. The van der Waals surface area contributed by atoms with E-state index in [1.165, 1.54) is 18.3 Å². The van der Waals surface area contributed by atoms with E-state index >= 15 is 0 Å². The largest absolute Gasteiger partial charge is 0.466 e. The van der Waals surface area contributed by atoms with E-state index in [-0.39, 0.29) is 23.5 Å². The highest BCUT2D eigenvalue weighted by Gasteiger charge is 2.31. The Morgan fingerprint density at radius 3 is 2.68 bits per heavy atom. The number of ether oxygens (including phenoxy) is 1. The van der Waals surface area contributed by atoms with Crippen molar-refractivity contribution in [1.29, 1.82) is 0 Å². The average Bonchev–Trinajstić information content (AvgIpc) is 3.09. The summed E-state index contributed by atoms with van der Waals surface area (Å²) < 4.78 is 6.66. The molecule has 28 heavy (non-hydrogen) atoms. The van der Waals surface area contributed by atoms with Crippen molar-refractivity contribution in [3.05, 3.63) is 51.8 Å². The molecule has 0 spiro atoms. The van der Waals surface area contributed by atoms with Crippen molar-refractivity contribution in [2.24, 2.45) is 5.92 Å². The second kappa shape index (κ2) is 8.20. The van der Waals surface area contributed by atoms with Crippen LogP contribution >= 0.6 is 0 Å². The lowest BCUT2D eigenvalue weighted by atomic mass is 9.97. The van der Waals surface area contributed by atoms with Gasteiger partial charge in [0.25, 0.3) is 11.6 Å². The number of carbonyl (C=O) groups excluding carboxylic acids is 2. The zero-order valence-electron chi connectivity index (χ0n) is 15.8. The summed E-state index contributed by atoms with van der Waals surface area (Å²) in [5, 5.41) is 15.1. The highest BCUT2D eigenvalue weighted by molar-refractivity contribution is 5.95. The van der Waals surface area contributed by atoms with Gasteiger partial charge < -0.3 is 9.64 Å². The van der Waals surface area contributed by atoms with Gasteiger partial charge >= 0.3 is 5.97 Å². The van der Waals surface area contributed by atoms with E-state index in [1.807, 2.05) is 0 Å². The van der Waals surface area contributed by atoms with Gasteiger partial charge in [-0.2, -0.15) is 5.10 Å². The van der Waals surface area contributed by atoms with Gasteiger partial charge in [0, 0.05) is 25.2 Å². The van der Waals surface area contributed by atoms with E-state index in [1.54, 1.807) is 35.6 Å². The normalized spacial score (nSPS) is 16.6. The monoisotopic (exact) mass is 386 g/mol. The van der Waals surface area contributed by atoms with Gasteiger partial charge in [-0.05, 0) is 38.8 Å². The molecule has 1 aromatic heterocycles. The number of carbonyl (C=O) groups is 2.